The van der Waals surface area contributed by atoms with Gasteiger partial charge in [0.2, 0.25) is 10.0 Å². The molecule has 1 aromatic carbocycles. The van der Waals surface area contributed by atoms with Crippen LogP contribution < -0.4 is 4.72 Å². The molecule has 2 rings (SSSR count). The van der Waals surface area contributed by atoms with Gasteiger partial charge in [-0.05, 0) is 56.1 Å². The third-order valence-electron chi connectivity index (χ3n) is 6.17. The standard InChI is InChI=1S/C22H34FNO7S/c23-18-8-5-6-9-21(18)32(30,31)24-14-15(25)11-12-17-16(19(26)13-20(17)27)7-3-1-2-4-10-22(28)29/h5-6,8-9,15-17,19-20,24-27H,1-4,7,10-14H2,(H,28,29)/t15?,16-,17-,19+,20-/m1/s1. The number of carbonyl (C=O) groups is 1. The van der Waals surface area contributed by atoms with E-state index in [0.29, 0.717) is 19.3 Å². The van der Waals surface area contributed by atoms with Gasteiger partial charge < -0.3 is 20.4 Å². The first kappa shape index (κ1) is 26.7. The fraction of sp³-hybridized carbons (Fsp3) is 0.682. The number of rotatable bonds is 14. The van der Waals surface area contributed by atoms with Crippen LogP contribution in [0.4, 0.5) is 4.39 Å². The topological polar surface area (TPSA) is 144 Å². The molecule has 5 atom stereocenters. The molecule has 8 nitrogen and oxygen atoms in total. The zero-order valence-corrected chi connectivity index (χ0v) is 18.9. The summed E-state index contributed by atoms with van der Waals surface area (Å²) in [6.07, 6.45) is 2.49. The number of benzene rings is 1. The third kappa shape index (κ3) is 8.08. The monoisotopic (exact) mass is 475 g/mol. The first-order valence-corrected chi connectivity index (χ1v) is 12.6. The number of carboxylic acids is 1. The number of hydrogen-bond acceptors (Lipinski definition) is 6. The molecule has 32 heavy (non-hydrogen) atoms. The van der Waals surface area contributed by atoms with Gasteiger partial charge in [0, 0.05) is 13.0 Å². The lowest BCUT2D eigenvalue weighted by molar-refractivity contribution is -0.137. The highest BCUT2D eigenvalue weighted by Gasteiger charge is 2.40. The van der Waals surface area contributed by atoms with Gasteiger partial charge in [0.1, 0.15) is 10.7 Å². The summed E-state index contributed by atoms with van der Waals surface area (Å²) >= 11 is 0. The van der Waals surface area contributed by atoms with Gasteiger partial charge in [-0.15, -0.1) is 0 Å². The van der Waals surface area contributed by atoms with Crippen LogP contribution in [-0.2, 0) is 14.8 Å². The van der Waals surface area contributed by atoms with E-state index in [1.54, 1.807) is 0 Å². The van der Waals surface area contributed by atoms with Crippen LogP contribution in [-0.4, -0.2) is 59.7 Å². The Kier molecular flexibility index (Phi) is 10.5. The summed E-state index contributed by atoms with van der Waals surface area (Å²) in [5, 5.41) is 39.5. The van der Waals surface area contributed by atoms with Crippen LogP contribution in [0.15, 0.2) is 29.2 Å². The van der Waals surface area contributed by atoms with E-state index in [1.807, 2.05) is 0 Å². The maximum Gasteiger partial charge on any atom is 0.303 e. The summed E-state index contributed by atoms with van der Waals surface area (Å²) in [6, 6.07) is 4.99. The highest BCUT2D eigenvalue weighted by molar-refractivity contribution is 7.89. The van der Waals surface area contributed by atoms with Crippen LogP contribution in [0, 0.1) is 17.7 Å². The molecule has 0 bridgehead atoms. The van der Waals surface area contributed by atoms with Crippen molar-refractivity contribution in [3.8, 4) is 0 Å². The van der Waals surface area contributed by atoms with E-state index in [1.165, 1.54) is 12.1 Å². The quantitative estimate of drug-likeness (QED) is 0.259. The normalized spacial score (nSPS) is 24.5. The number of hydrogen-bond donors (Lipinski definition) is 5. The first-order valence-electron chi connectivity index (χ1n) is 11.1. The Morgan fingerprint density at radius 3 is 2.34 bits per heavy atom. The zero-order valence-electron chi connectivity index (χ0n) is 18.1. The molecule has 1 unspecified atom stereocenters. The number of aliphatic carboxylic acids is 1. The molecule has 10 heteroatoms. The Balaban J connectivity index is 1.78. The minimum absolute atomic E-state index is 0.119. The lowest BCUT2D eigenvalue weighted by Crippen LogP contribution is -2.33. The number of halogens is 1. The zero-order chi connectivity index (χ0) is 23.7. The largest absolute Gasteiger partial charge is 0.481 e. The van der Waals surface area contributed by atoms with E-state index in [0.717, 1.165) is 31.4 Å². The second-order valence-corrected chi connectivity index (χ2v) is 10.3. The average molecular weight is 476 g/mol. The molecule has 1 fully saturated rings. The second-order valence-electron chi connectivity index (χ2n) is 8.56. The van der Waals surface area contributed by atoms with Crippen molar-refractivity contribution < 1.29 is 38.0 Å². The minimum atomic E-state index is -4.09. The number of aliphatic hydroxyl groups is 3. The van der Waals surface area contributed by atoms with Crippen LogP contribution in [0.3, 0.4) is 0 Å². The summed E-state index contributed by atoms with van der Waals surface area (Å²) in [7, 11) is -4.09. The molecule has 5 N–H and O–H groups in total. The minimum Gasteiger partial charge on any atom is -0.481 e. The Labute approximate surface area is 188 Å². The van der Waals surface area contributed by atoms with Crippen molar-refractivity contribution in [3.05, 3.63) is 30.1 Å². The molecule has 1 aliphatic carbocycles. The lowest BCUT2D eigenvalue weighted by Gasteiger charge is -2.24. The summed E-state index contributed by atoms with van der Waals surface area (Å²) in [5.74, 6) is -2.01. The van der Waals surface area contributed by atoms with Crippen LogP contribution in [0.1, 0.15) is 57.8 Å². The van der Waals surface area contributed by atoms with Crippen molar-refractivity contribution in [3.63, 3.8) is 0 Å². The molecule has 182 valence electrons. The van der Waals surface area contributed by atoms with E-state index in [4.69, 9.17) is 5.11 Å². The molecule has 0 radical (unpaired) electrons. The van der Waals surface area contributed by atoms with Crippen molar-refractivity contribution in [1.29, 1.82) is 0 Å². The molecule has 0 amide bonds. The molecule has 1 aromatic rings. The van der Waals surface area contributed by atoms with E-state index in [2.05, 4.69) is 4.72 Å². The van der Waals surface area contributed by atoms with Crippen molar-refractivity contribution >= 4 is 16.0 Å². The van der Waals surface area contributed by atoms with E-state index < -0.39 is 45.0 Å². The second kappa shape index (κ2) is 12.6. The van der Waals surface area contributed by atoms with Gasteiger partial charge in [-0.3, -0.25) is 4.79 Å². The van der Waals surface area contributed by atoms with Gasteiger partial charge in [0.05, 0.1) is 18.3 Å². The predicted octanol–water partition coefficient (Wildman–Crippen LogP) is 2.03. The Bertz CT molecular complexity index is 835. The highest BCUT2D eigenvalue weighted by atomic mass is 32.2. The van der Waals surface area contributed by atoms with Gasteiger partial charge in [-0.1, -0.05) is 31.4 Å². The smallest absolute Gasteiger partial charge is 0.303 e. The highest BCUT2D eigenvalue weighted by Crippen LogP contribution is 2.39. The molecule has 0 aromatic heterocycles. The van der Waals surface area contributed by atoms with Gasteiger partial charge in [-0.25, -0.2) is 17.5 Å². The summed E-state index contributed by atoms with van der Waals surface area (Å²) < 4.78 is 40.4. The Morgan fingerprint density at radius 2 is 1.69 bits per heavy atom. The van der Waals surface area contributed by atoms with Crippen molar-refractivity contribution in [1.82, 2.24) is 4.72 Å². The van der Waals surface area contributed by atoms with Crippen LogP contribution in [0.25, 0.3) is 0 Å². The van der Waals surface area contributed by atoms with Gasteiger partial charge >= 0.3 is 5.97 Å². The fourth-order valence-corrected chi connectivity index (χ4v) is 5.57. The SMILES string of the molecule is O=C(O)CCCCCC[C@@H]1[C@@H](CCC(O)CNS(=O)(=O)c2ccccc2F)[C@H](O)C[C@@H]1O. The molecule has 0 heterocycles. The van der Waals surface area contributed by atoms with E-state index in [9.17, 15) is 32.9 Å². The summed E-state index contributed by atoms with van der Waals surface area (Å²) in [6.45, 7) is -0.281. The van der Waals surface area contributed by atoms with Gasteiger partial charge in [0.25, 0.3) is 0 Å². The maximum absolute atomic E-state index is 13.7. The Hall–Kier alpha value is -1.59. The van der Waals surface area contributed by atoms with Crippen molar-refractivity contribution in [2.45, 2.75) is 81.0 Å². The number of nitrogens with one attached hydrogen (secondary N) is 1. The number of sulfonamides is 1. The summed E-state index contributed by atoms with van der Waals surface area (Å²) in [5.41, 5.74) is 0. The van der Waals surface area contributed by atoms with Crippen LogP contribution in [0.5, 0.6) is 0 Å². The number of carboxylic acid groups (broad SMARTS) is 1. The van der Waals surface area contributed by atoms with Crippen molar-refractivity contribution in [2.75, 3.05) is 6.54 Å². The number of aliphatic hydroxyl groups excluding tert-OH is 3. The van der Waals surface area contributed by atoms with Gasteiger partial charge in [0.15, 0.2) is 0 Å². The predicted molar refractivity (Wildman–Crippen MR) is 116 cm³/mol. The summed E-state index contributed by atoms with van der Waals surface area (Å²) in [4.78, 5) is 10.1. The van der Waals surface area contributed by atoms with E-state index >= 15 is 0 Å². The molecule has 0 aliphatic heterocycles. The molecule has 0 spiro atoms. The van der Waals surface area contributed by atoms with Crippen LogP contribution in [0.2, 0.25) is 0 Å². The average Bonchev–Trinajstić information content (AvgIpc) is 2.99. The fourth-order valence-electron chi connectivity index (χ4n) is 4.42. The lowest BCUT2D eigenvalue weighted by atomic mass is 9.85. The molecule has 1 aliphatic rings. The van der Waals surface area contributed by atoms with E-state index in [-0.39, 0.29) is 37.6 Å². The first-order chi connectivity index (χ1) is 15.1. The third-order valence-corrected chi connectivity index (χ3v) is 7.62. The Morgan fingerprint density at radius 1 is 1.06 bits per heavy atom. The maximum atomic E-state index is 13.7. The van der Waals surface area contributed by atoms with Crippen molar-refractivity contribution in [2.24, 2.45) is 11.8 Å². The van der Waals surface area contributed by atoms with Crippen LogP contribution >= 0.6 is 0 Å². The van der Waals surface area contributed by atoms with Gasteiger partial charge in [-0.2, -0.15) is 0 Å². The molecular weight excluding hydrogens is 441 g/mol. The number of unbranched alkanes of at least 4 members (excludes halogenated alkanes) is 3. The molecule has 1 saturated carbocycles. The molecule has 0 saturated heterocycles. The molecular formula is C22H34FNO7S.